The lowest BCUT2D eigenvalue weighted by Crippen LogP contribution is -2.61. The monoisotopic (exact) mass is 275 g/mol. The lowest BCUT2D eigenvalue weighted by molar-refractivity contribution is -0.0974. The lowest BCUT2D eigenvalue weighted by atomic mass is 9.43. The van der Waals surface area contributed by atoms with Crippen molar-refractivity contribution >= 4 is 5.82 Å². The zero-order valence-electron chi connectivity index (χ0n) is 12.2. The van der Waals surface area contributed by atoms with Gasteiger partial charge in [0.1, 0.15) is 12.1 Å². The van der Waals surface area contributed by atoms with E-state index in [0.717, 1.165) is 5.92 Å². The van der Waals surface area contributed by atoms with E-state index in [4.69, 9.17) is 0 Å². The maximum atomic E-state index is 13.3. The van der Waals surface area contributed by atoms with Gasteiger partial charge in [-0.15, -0.1) is 0 Å². The molecule has 0 aliphatic heterocycles. The molecule has 2 unspecified atom stereocenters. The number of aromatic nitrogens is 2. The van der Waals surface area contributed by atoms with Gasteiger partial charge in [-0.1, -0.05) is 13.8 Å². The van der Waals surface area contributed by atoms with Gasteiger partial charge in [0.05, 0.1) is 0 Å². The number of rotatable bonds is 2. The Labute approximate surface area is 119 Å². The van der Waals surface area contributed by atoms with E-state index in [1.807, 2.05) is 0 Å². The minimum absolute atomic E-state index is 0.115. The van der Waals surface area contributed by atoms with Crippen molar-refractivity contribution in [3.63, 3.8) is 0 Å². The third-order valence-electron chi connectivity index (χ3n) is 5.65. The van der Waals surface area contributed by atoms with Crippen molar-refractivity contribution in [3.8, 4) is 0 Å². The molecule has 2 atom stereocenters. The summed E-state index contributed by atoms with van der Waals surface area (Å²) in [6, 6.07) is 1.42. The number of hydrogen-bond acceptors (Lipinski definition) is 3. The molecule has 4 fully saturated rings. The molecule has 4 bridgehead atoms. The Morgan fingerprint density at radius 1 is 1.10 bits per heavy atom. The smallest absolute Gasteiger partial charge is 0.217 e. The van der Waals surface area contributed by atoms with E-state index in [1.165, 1.54) is 50.9 Å². The first-order valence-corrected chi connectivity index (χ1v) is 7.64. The number of nitrogens with zero attached hydrogens (tertiary/aromatic N) is 2. The van der Waals surface area contributed by atoms with Gasteiger partial charge in [-0.25, -0.2) is 9.97 Å². The summed E-state index contributed by atoms with van der Waals surface area (Å²) in [6.45, 7) is 4.87. The van der Waals surface area contributed by atoms with Crippen LogP contribution in [0.5, 0.6) is 0 Å². The first-order chi connectivity index (χ1) is 9.38. The zero-order chi connectivity index (χ0) is 14.0. The quantitative estimate of drug-likeness (QED) is 0.835. The van der Waals surface area contributed by atoms with Gasteiger partial charge in [0.15, 0.2) is 0 Å². The summed E-state index contributed by atoms with van der Waals surface area (Å²) in [5.41, 5.74) is 1.02. The third kappa shape index (κ3) is 1.92. The highest BCUT2D eigenvalue weighted by atomic mass is 19.1. The van der Waals surface area contributed by atoms with Gasteiger partial charge in [0.25, 0.3) is 0 Å². The summed E-state index contributed by atoms with van der Waals surface area (Å²) in [5, 5.41) is 3.59. The summed E-state index contributed by atoms with van der Waals surface area (Å²) in [7, 11) is 0. The Hall–Kier alpha value is -1.19. The highest BCUT2D eigenvalue weighted by molar-refractivity contribution is 5.38. The summed E-state index contributed by atoms with van der Waals surface area (Å²) in [5.74, 6) is 1.01. The molecule has 4 aliphatic carbocycles. The van der Waals surface area contributed by atoms with Crippen molar-refractivity contribution in [2.75, 3.05) is 5.32 Å². The largest absolute Gasteiger partial charge is 0.364 e. The van der Waals surface area contributed by atoms with E-state index >= 15 is 0 Å². The first-order valence-electron chi connectivity index (χ1n) is 7.64. The molecule has 1 N–H and O–H groups in total. The summed E-state index contributed by atoms with van der Waals surface area (Å²) in [6.07, 6.45) is 8.98. The first kappa shape index (κ1) is 12.5. The molecule has 20 heavy (non-hydrogen) atoms. The molecule has 5 rings (SSSR count). The topological polar surface area (TPSA) is 37.8 Å². The molecular formula is C16H22FN3. The lowest BCUT2D eigenvalue weighted by Gasteiger charge is -2.65. The van der Waals surface area contributed by atoms with Gasteiger partial charge in [-0.05, 0) is 55.3 Å². The third-order valence-corrected chi connectivity index (χ3v) is 5.65. The van der Waals surface area contributed by atoms with Crippen molar-refractivity contribution in [3.05, 3.63) is 18.3 Å². The van der Waals surface area contributed by atoms with Crippen LogP contribution in [-0.2, 0) is 0 Å². The van der Waals surface area contributed by atoms with Gasteiger partial charge >= 0.3 is 0 Å². The van der Waals surface area contributed by atoms with Gasteiger partial charge in [0, 0.05) is 11.6 Å². The van der Waals surface area contributed by atoms with Crippen LogP contribution < -0.4 is 5.32 Å². The number of hydrogen-bond donors (Lipinski definition) is 1. The minimum atomic E-state index is -0.454. The minimum Gasteiger partial charge on any atom is -0.364 e. The predicted molar refractivity (Wildman–Crippen MR) is 75.7 cm³/mol. The van der Waals surface area contributed by atoms with Crippen molar-refractivity contribution in [2.45, 2.75) is 57.9 Å². The average molecular weight is 275 g/mol. The van der Waals surface area contributed by atoms with Crippen molar-refractivity contribution in [2.24, 2.45) is 16.7 Å². The SMILES string of the molecule is CC12CC3CC(C)(C1)CC(Nc1cc(F)ncn1)(C3)C2. The van der Waals surface area contributed by atoms with Crippen LogP contribution in [0, 0.1) is 22.7 Å². The van der Waals surface area contributed by atoms with Gasteiger partial charge < -0.3 is 5.32 Å². The normalized spacial score (nSPS) is 45.6. The fraction of sp³-hybridized carbons (Fsp3) is 0.750. The van der Waals surface area contributed by atoms with E-state index in [2.05, 4.69) is 29.1 Å². The molecule has 4 heteroatoms. The highest BCUT2D eigenvalue weighted by Crippen LogP contribution is 2.66. The molecule has 0 radical (unpaired) electrons. The van der Waals surface area contributed by atoms with E-state index in [-0.39, 0.29) is 5.54 Å². The Kier molecular flexibility index (Phi) is 2.33. The fourth-order valence-corrected chi connectivity index (χ4v) is 6.26. The Bertz CT molecular complexity index is 540. The Morgan fingerprint density at radius 2 is 1.80 bits per heavy atom. The standard InChI is InChI=1S/C16H22FN3/c1-14-4-11-5-15(2,7-14)9-16(6-11,8-14)20-13-3-12(17)18-10-19-13/h3,10-11H,4-9H2,1-2H3,(H,18,19,20). The molecule has 0 spiro atoms. The molecule has 0 saturated heterocycles. The Balaban J connectivity index is 1.67. The molecule has 1 aromatic rings. The molecule has 1 heterocycles. The maximum absolute atomic E-state index is 13.3. The van der Waals surface area contributed by atoms with E-state index in [9.17, 15) is 4.39 Å². The van der Waals surface area contributed by atoms with E-state index in [0.29, 0.717) is 16.6 Å². The zero-order valence-corrected chi connectivity index (χ0v) is 12.2. The van der Waals surface area contributed by atoms with Gasteiger partial charge in [-0.2, -0.15) is 4.39 Å². The number of halogens is 1. The average Bonchev–Trinajstić information content (AvgIpc) is 2.22. The molecule has 3 nitrogen and oxygen atoms in total. The Morgan fingerprint density at radius 3 is 2.40 bits per heavy atom. The van der Waals surface area contributed by atoms with Crippen LogP contribution in [0.2, 0.25) is 0 Å². The fourth-order valence-electron chi connectivity index (χ4n) is 6.26. The van der Waals surface area contributed by atoms with Crippen LogP contribution in [0.25, 0.3) is 0 Å². The molecule has 0 aromatic carbocycles. The molecule has 4 saturated carbocycles. The summed E-state index contributed by atoms with van der Waals surface area (Å²) < 4.78 is 13.3. The molecular weight excluding hydrogens is 253 g/mol. The second-order valence-electron chi connectivity index (χ2n) is 8.26. The second-order valence-corrected chi connectivity index (χ2v) is 8.26. The number of anilines is 1. The summed E-state index contributed by atoms with van der Waals surface area (Å²) in [4.78, 5) is 7.74. The van der Waals surface area contributed by atoms with Gasteiger partial charge in [-0.3, -0.25) is 0 Å². The van der Waals surface area contributed by atoms with Crippen LogP contribution in [0.1, 0.15) is 52.4 Å². The van der Waals surface area contributed by atoms with Crippen LogP contribution in [0.3, 0.4) is 0 Å². The number of nitrogens with one attached hydrogen (secondary N) is 1. The van der Waals surface area contributed by atoms with Crippen molar-refractivity contribution in [1.29, 1.82) is 0 Å². The van der Waals surface area contributed by atoms with Crippen LogP contribution in [-0.4, -0.2) is 15.5 Å². The van der Waals surface area contributed by atoms with Crippen LogP contribution in [0.15, 0.2) is 12.4 Å². The van der Waals surface area contributed by atoms with Crippen molar-refractivity contribution < 1.29 is 4.39 Å². The van der Waals surface area contributed by atoms with Crippen LogP contribution >= 0.6 is 0 Å². The predicted octanol–water partition coefficient (Wildman–Crippen LogP) is 3.78. The highest BCUT2D eigenvalue weighted by Gasteiger charge is 2.60. The molecule has 108 valence electrons. The van der Waals surface area contributed by atoms with E-state index in [1.54, 1.807) is 0 Å². The molecule has 0 amide bonds. The summed E-state index contributed by atoms with van der Waals surface area (Å²) >= 11 is 0. The molecule has 4 aliphatic rings. The van der Waals surface area contributed by atoms with E-state index < -0.39 is 5.95 Å². The maximum Gasteiger partial charge on any atom is 0.217 e. The molecule has 1 aromatic heterocycles. The van der Waals surface area contributed by atoms with Gasteiger partial charge in [0.2, 0.25) is 5.95 Å². The van der Waals surface area contributed by atoms with Crippen molar-refractivity contribution in [1.82, 2.24) is 9.97 Å². The second kappa shape index (κ2) is 3.71. The van der Waals surface area contributed by atoms with Crippen LogP contribution in [0.4, 0.5) is 10.2 Å².